The van der Waals surface area contributed by atoms with Crippen molar-refractivity contribution in [2.45, 2.75) is 69.8 Å². The van der Waals surface area contributed by atoms with Crippen molar-refractivity contribution in [1.29, 1.82) is 0 Å². The summed E-state index contributed by atoms with van der Waals surface area (Å²) in [5.41, 5.74) is 2.65. The van der Waals surface area contributed by atoms with Gasteiger partial charge < -0.3 is 21.1 Å². The summed E-state index contributed by atoms with van der Waals surface area (Å²) in [4.78, 5) is 64.3. The van der Waals surface area contributed by atoms with E-state index in [1.165, 1.54) is 0 Å². The molecule has 3 atom stereocenters. The molecule has 0 saturated carbocycles. The topological polar surface area (TPSA) is 142 Å². The highest BCUT2D eigenvalue weighted by Gasteiger charge is 2.30. The molecule has 0 saturated heterocycles. The lowest BCUT2D eigenvalue weighted by Crippen LogP contribution is -2.56. The van der Waals surface area contributed by atoms with E-state index in [0.717, 1.165) is 28.5 Å². The monoisotopic (exact) mass is 631 g/mol. The minimum Gasteiger partial charge on any atom is -0.481 e. The third-order valence-corrected chi connectivity index (χ3v) is 7.99. The molecule has 0 aromatic heterocycles. The second-order valence-corrected chi connectivity index (χ2v) is 12.2. The molecule has 10 heteroatoms. The summed E-state index contributed by atoms with van der Waals surface area (Å²) < 4.78 is 0. The normalized spacial score (nSPS) is 12.9. The molecule has 3 amide bonds. The van der Waals surface area contributed by atoms with E-state index >= 15 is 0 Å². The molecule has 0 unspecified atom stereocenters. The van der Waals surface area contributed by atoms with Gasteiger partial charge in [-0.1, -0.05) is 117 Å². The van der Waals surface area contributed by atoms with Gasteiger partial charge in [-0.25, -0.2) is 0 Å². The highest BCUT2D eigenvalue weighted by Crippen LogP contribution is 2.18. The summed E-state index contributed by atoms with van der Waals surface area (Å²) >= 11 is 1.13. The highest BCUT2D eigenvalue weighted by atomic mass is 32.2. The van der Waals surface area contributed by atoms with E-state index in [2.05, 4.69) is 16.0 Å². The van der Waals surface area contributed by atoms with Gasteiger partial charge >= 0.3 is 5.97 Å². The standard InChI is InChI=1S/C35H41N3O6S/c1-24(2)20-28(37-34(43)29(21-25-12-6-3-7-13-25)36-31(39)18-19-32(40)41)33(42)38-30(22-26-14-8-4-9-15-26)35(44)45-23-27-16-10-5-11-17-27/h3-17,24,28-30H,18-23H2,1-2H3,(H,36,39)(H,37,43)(H,38,42)(H,40,41)/t28-,29-,30-/m0/s1. The van der Waals surface area contributed by atoms with Crippen molar-refractivity contribution in [3.8, 4) is 0 Å². The lowest BCUT2D eigenvalue weighted by molar-refractivity contribution is -0.139. The molecule has 4 N–H and O–H groups in total. The summed E-state index contributed by atoms with van der Waals surface area (Å²) in [6, 6.07) is 25.2. The Morgan fingerprint density at radius 3 is 1.60 bits per heavy atom. The number of nitrogens with one attached hydrogen (secondary N) is 3. The predicted molar refractivity (Wildman–Crippen MR) is 175 cm³/mol. The first-order chi connectivity index (χ1) is 21.6. The molecule has 0 spiro atoms. The van der Waals surface area contributed by atoms with E-state index in [1.54, 1.807) is 0 Å². The van der Waals surface area contributed by atoms with Crippen molar-refractivity contribution in [2.24, 2.45) is 5.92 Å². The van der Waals surface area contributed by atoms with Gasteiger partial charge in [0.2, 0.25) is 22.8 Å². The SMILES string of the molecule is CC(C)C[C@H](NC(=O)[C@H](Cc1ccccc1)NC(=O)CCC(=O)O)C(=O)N[C@@H](Cc1ccccc1)C(=O)SCc1ccccc1. The van der Waals surface area contributed by atoms with Crippen LogP contribution >= 0.6 is 11.8 Å². The third-order valence-electron chi connectivity index (χ3n) is 6.95. The summed E-state index contributed by atoms with van der Waals surface area (Å²) in [5.74, 6) is -2.30. The minimum atomic E-state index is -1.12. The molecule has 9 nitrogen and oxygen atoms in total. The number of carboxylic acid groups (broad SMARTS) is 1. The second kappa shape index (κ2) is 18.4. The number of carbonyl (C=O) groups is 5. The van der Waals surface area contributed by atoms with Crippen LogP contribution in [0, 0.1) is 5.92 Å². The van der Waals surface area contributed by atoms with Crippen molar-refractivity contribution >= 4 is 40.6 Å². The molecule has 3 aromatic carbocycles. The van der Waals surface area contributed by atoms with E-state index in [9.17, 15) is 24.0 Å². The minimum absolute atomic E-state index is 0.0227. The predicted octanol–water partition coefficient (Wildman–Crippen LogP) is 4.30. The Balaban J connectivity index is 1.77. The van der Waals surface area contributed by atoms with Gasteiger partial charge in [-0.3, -0.25) is 24.0 Å². The average molecular weight is 632 g/mol. The van der Waals surface area contributed by atoms with Crippen LogP contribution < -0.4 is 16.0 Å². The van der Waals surface area contributed by atoms with Crippen LogP contribution in [0.3, 0.4) is 0 Å². The van der Waals surface area contributed by atoms with Gasteiger partial charge in [-0.2, -0.15) is 0 Å². The number of amides is 3. The summed E-state index contributed by atoms with van der Waals surface area (Å²) in [6.45, 7) is 3.84. The Kier molecular flexibility index (Phi) is 14.3. The number of benzene rings is 3. The summed E-state index contributed by atoms with van der Waals surface area (Å²) in [7, 11) is 0. The number of thioether (sulfide) groups is 1. The van der Waals surface area contributed by atoms with Crippen molar-refractivity contribution < 1.29 is 29.1 Å². The highest BCUT2D eigenvalue weighted by molar-refractivity contribution is 8.13. The molecular weight excluding hydrogens is 590 g/mol. The van der Waals surface area contributed by atoms with E-state index in [4.69, 9.17) is 5.11 Å². The third kappa shape index (κ3) is 13.0. The molecule has 0 radical (unpaired) electrons. The zero-order chi connectivity index (χ0) is 32.6. The van der Waals surface area contributed by atoms with E-state index < -0.39 is 41.8 Å². The molecule has 0 aliphatic rings. The van der Waals surface area contributed by atoms with Crippen LogP contribution in [0.1, 0.15) is 49.8 Å². The van der Waals surface area contributed by atoms with Crippen LogP contribution in [0.15, 0.2) is 91.0 Å². The molecule has 0 fully saturated rings. The van der Waals surface area contributed by atoms with Gasteiger partial charge in [0.15, 0.2) is 0 Å². The molecule has 0 heterocycles. The van der Waals surface area contributed by atoms with Crippen LogP contribution in [0.25, 0.3) is 0 Å². The largest absolute Gasteiger partial charge is 0.481 e. The Morgan fingerprint density at radius 2 is 1.09 bits per heavy atom. The van der Waals surface area contributed by atoms with Gasteiger partial charge in [0.05, 0.1) is 6.42 Å². The average Bonchev–Trinajstić information content (AvgIpc) is 3.03. The fourth-order valence-electron chi connectivity index (χ4n) is 4.67. The van der Waals surface area contributed by atoms with Gasteiger partial charge in [0.1, 0.15) is 18.1 Å². The van der Waals surface area contributed by atoms with Crippen LogP contribution in [0.2, 0.25) is 0 Å². The molecule has 238 valence electrons. The van der Waals surface area contributed by atoms with Crippen LogP contribution in [-0.4, -0.2) is 52.0 Å². The smallest absolute Gasteiger partial charge is 0.303 e. The first-order valence-electron chi connectivity index (χ1n) is 15.0. The zero-order valence-electron chi connectivity index (χ0n) is 25.6. The number of rotatable bonds is 17. The molecular formula is C35H41N3O6S. The Labute approximate surface area is 268 Å². The van der Waals surface area contributed by atoms with E-state index in [-0.39, 0.29) is 36.7 Å². The van der Waals surface area contributed by atoms with Crippen molar-refractivity contribution in [3.05, 3.63) is 108 Å². The van der Waals surface area contributed by atoms with Crippen LogP contribution in [-0.2, 0) is 42.6 Å². The first-order valence-corrected chi connectivity index (χ1v) is 16.0. The number of aliphatic carboxylic acids is 1. The number of carbonyl (C=O) groups excluding carboxylic acids is 4. The van der Waals surface area contributed by atoms with Crippen molar-refractivity contribution in [3.63, 3.8) is 0 Å². The van der Waals surface area contributed by atoms with Crippen molar-refractivity contribution in [2.75, 3.05) is 0 Å². The van der Waals surface area contributed by atoms with Crippen molar-refractivity contribution in [1.82, 2.24) is 16.0 Å². The molecule has 0 bridgehead atoms. The molecule has 0 aliphatic carbocycles. The van der Waals surface area contributed by atoms with Gasteiger partial charge in [-0.05, 0) is 29.0 Å². The van der Waals surface area contributed by atoms with Crippen LogP contribution in [0.4, 0.5) is 0 Å². The number of hydrogen-bond acceptors (Lipinski definition) is 6. The number of carboxylic acids is 1. The lowest BCUT2D eigenvalue weighted by atomic mass is 10.00. The second-order valence-electron chi connectivity index (χ2n) is 11.2. The molecule has 3 rings (SSSR count). The maximum Gasteiger partial charge on any atom is 0.303 e. The van der Waals surface area contributed by atoms with E-state index in [0.29, 0.717) is 12.2 Å². The first kappa shape index (κ1) is 35.0. The summed E-state index contributed by atoms with van der Waals surface area (Å²) in [6.07, 6.45) is 0.0707. The number of hydrogen-bond donors (Lipinski definition) is 4. The maximum absolute atomic E-state index is 13.7. The van der Waals surface area contributed by atoms with Crippen LogP contribution in [0.5, 0.6) is 0 Å². The molecule has 0 aliphatic heterocycles. The zero-order valence-corrected chi connectivity index (χ0v) is 26.4. The van der Waals surface area contributed by atoms with Gasteiger partial charge in [0, 0.05) is 25.0 Å². The van der Waals surface area contributed by atoms with Gasteiger partial charge in [0.25, 0.3) is 0 Å². The lowest BCUT2D eigenvalue weighted by Gasteiger charge is -2.26. The molecule has 3 aromatic rings. The Hall–Kier alpha value is -4.44. The Bertz CT molecular complexity index is 1400. The fraction of sp³-hybridized carbons (Fsp3) is 0.343. The van der Waals surface area contributed by atoms with Gasteiger partial charge in [-0.15, -0.1) is 0 Å². The molecule has 45 heavy (non-hydrogen) atoms. The fourth-order valence-corrected chi connectivity index (χ4v) is 5.51. The summed E-state index contributed by atoms with van der Waals surface area (Å²) in [5, 5.41) is 17.1. The Morgan fingerprint density at radius 1 is 0.622 bits per heavy atom. The van der Waals surface area contributed by atoms with E-state index in [1.807, 2.05) is 105 Å². The maximum atomic E-state index is 13.7. The quantitative estimate of drug-likeness (QED) is 0.174.